The number of hydrogen-bond acceptors (Lipinski definition) is 4. The van der Waals surface area contributed by atoms with Crippen LogP contribution in [0.4, 0.5) is 5.69 Å². The Morgan fingerprint density at radius 3 is 2.36 bits per heavy atom. The predicted octanol–water partition coefficient (Wildman–Crippen LogP) is 4.55. The van der Waals surface area contributed by atoms with Gasteiger partial charge in [0.25, 0.3) is 5.69 Å². The number of nitro groups is 1. The van der Waals surface area contributed by atoms with Crippen LogP contribution in [0, 0.1) is 10.1 Å². The van der Waals surface area contributed by atoms with Crippen LogP contribution in [0.2, 0.25) is 0 Å². The van der Waals surface area contributed by atoms with Gasteiger partial charge in [-0.05, 0) is 41.8 Å². The topological polar surface area (TPSA) is 61.6 Å². The maximum absolute atomic E-state index is 10.7. The Balaban J connectivity index is 1.94. The van der Waals surface area contributed by atoms with Crippen molar-refractivity contribution >= 4 is 16.5 Å². The second-order valence-corrected chi connectivity index (χ2v) is 4.70. The average Bonchev–Trinajstić information content (AvgIpc) is 2.55. The van der Waals surface area contributed by atoms with E-state index >= 15 is 0 Å². The summed E-state index contributed by atoms with van der Waals surface area (Å²) in [5, 5.41) is 12.6. The summed E-state index contributed by atoms with van der Waals surface area (Å²) < 4.78 is 11.0. The number of non-ortho nitro benzene ring substituents is 1. The molecule has 0 aliphatic heterocycles. The first kappa shape index (κ1) is 13.9. The Morgan fingerprint density at radius 1 is 0.955 bits per heavy atom. The van der Waals surface area contributed by atoms with Crippen molar-refractivity contribution in [2.45, 2.75) is 0 Å². The van der Waals surface area contributed by atoms with Gasteiger partial charge in [-0.3, -0.25) is 10.1 Å². The number of nitrogens with zero attached hydrogens (tertiary/aromatic N) is 1. The average molecular weight is 295 g/mol. The summed E-state index contributed by atoms with van der Waals surface area (Å²) in [7, 11) is 1.62. The molecule has 0 spiro atoms. The lowest BCUT2D eigenvalue weighted by Gasteiger charge is -2.09. The minimum atomic E-state index is -0.437. The lowest BCUT2D eigenvalue weighted by Crippen LogP contribution is -1.89. The van der Waals surface area contributed by atoms with Crippen LogP contribution >= 0.6 is 0 Å². The molecular weight excluding hydrogens is 282 g/mol. The molecule has 110 valence electrons. The highest BCUT2D eigenvalue weighted by Gasteiger charge is 2.07. The maximum Gasteiger partial charge on any atom is 0.269 e. The molecule has 0 saturated carbocycles. The van der Waals surface area contributed by atoms with Crippen molar-refractivity contribution in [1.82, 2.24) is 0 Å². The summed E-state index contributed by atoms with van der Waals surface area (Å²) in [6, 6.07) is 17.4. The summed E-state index contributed by atoms with van der Waals surface area (Å²) in [6.07, 6.45) is 0. The van der Waals surface area contributed by atoms with E-state index in [2.05, 4.69) is 0 Å². The van der Waals surface area contributed by atoms with E-state index in [-0.39, 0.29) is 5.69 Å². The molecule has 3 aromatic carbocycles. The Hall–Kier alpha value is -3.08. The van der Waals surface area contributed by atoms with Gasteiger partial charge < -0.3 is 9.47 Å². The van der Waals surface area contributed by atoms with Gasteiger partial charge in [0.05, 0.1) is 12.0 Å². The van der Waals surface area contributed by atoms with Crippen LogP contribution in [0.25, 0.3) is 10.8 Å². The Labute approximate surface area is 126 Å². The molecule has 5 nitrogen and oxygen atoms in total. The number of nitro benzene ring substituents is 1. The van der Waals surface area contributed by atoms with Crippen LogP contribution in [0.3, 0.4) is 0 Å². The number of ether oxygens (including phenoxy) is 2. The van der Waals surface area contributed by atoms with E-state index in [0.717, 1.165) is 16.5 Å². The van der Waals surface area contributed by atoms with E-state index in [1.165, 1.54) is 12.1 Å². The van der Waals surface area contributed by atoms with E-state index in [1.807, 2.05) is 36.4 Å². The first-order valence-electron chi connectivity index (χ1n) is 6.66. The fraction of sp³-hybridized carbons (Fsp3) is 0.0588. The smallest absolute Gasteiger partial charge is 0.269 e. The Bertz CT molecular complexity index is 828. The van der Waals surface area contributed by atoms with Gasteiger partial charge in [0.1, 0.15) is 17.2 Å². The summed E-state index contributed by atoms with van der Waals surface area (Å²) in [5.41, 5.74) is 0.0370. The van der Waals surface area contributed by atoms with Gasteiger partial charge in [0.15, 0.2) is 0 Å². The largest absolute Gasteiger partial charge is 0.497 e. The standard InChI is InChI=1S/C17H13NO4/c1-21-15-9-10-16-12(11-15)3-2-4-17(16)22-14-7-5-13(6-8-14)18(19)20/h2-11H,1H3. The lowest BCUT2D eigenvalue weighted by atomic mass is 10.1. The maximum atomic E-state index is 10.7. The van der Waals surface area contributed by atoms with Gasteiger partial charge in [-0.15, -0.1) is 0 Å². The van der Waals surface area contributed by atoms with Gasteiger partial charge in [-0.1, -0.05) is 12.1 Å². The van der Waals surface area contributed by atoms with Crippen molar-refractivity contribution < 1.29 is 14.4 Å². The molecule has 3 aromatic rings. The van der Waals surface area contributed by atoms with Crippen LogP contribution in [0.15, 0.2) is 60.7 Å². The molecule has 0 bridgehead atoms. The number of rotatable bonds is 4. The number of hydrogen-bond donors (Lipinski definition) is 0. The van der Waals surface area contributed by atoms with Crippen LogP contribution in [-0.4, -0.2) is 12.0 Å². The normalized spacial score (nSPS) is 10.4. The van der Waals surface area contributed by atoms with Crippen molar-refractivity contribution in [3.8, 4) is 17.2 Å². The van der Waals surface area contributed by atoms with Gasteiger partial charge in [-0.25, -0.2) is 0 Å². The van der Waals surface area contributed by atoms with Crippen LogP contribution in [0.5, 0.6) is 17.2 Å². The molecule has 0 aliphatic carbocycles. The summed E-state index contributed by atoms with van der Waals surface area (Å²) in [5.74, 6) is 2.02. The molecule has 0 amide bonds. The SMILES string of the molecule is COc1ccc2c(Oc3ccc([N+](=O)[O-])cc3)cccc2c1. The number of benzene rings is 3. The van der Waals surface area contributed by atoms with E-state index < -0.39 is 4.92 Å². The van der Waals surface area contributed by atoms with E-state index in [1.54, 1.807) is 19.2 Å². The molecule has 0 heterocycles. The highest BCUT2D eigenvalue weighted by Crippen LogP contribution is 2.32. The molecule has 0 fully saturated rings. The first-order valence-corrected chi connectivity index (χ1v) is 6.66. The third-order valence-electron chi connectivity index (χ3n) is 3.32. The monoisotopic (exact) mass is 295 g/mol. The lowest BCUT2D eigenvalue weighted by molar-refractivity contribution is -0.384. The van der Waals surface area contributed by atoms with Gasteiger partial charge >= 0.3 is 0 Å². The van der Waals surface area contributed by atoms with Gasteiger partial charge in [0, 0.05) is 17.5 Å². The number of methoxy groups -OCH3 is 1. The molecule has 5 heteroatoms. The van der Waals surface area contributed by atoms with Crippen LogP contribution < -0.4 is 9.47 Å². The van der Waals surface area contributed by atoms with E-state index in [0.29, 0.717) is 11.5 Å². The van der Waals surface area contributed by atoms with Gasteiger partial charge in [-0.2, -0.15) is 0 Å². The first-order chi connectivity index (χ1) is 10.7. The molecule has 0 aromatic heterocycles. The van der Waals surface area contributed by atoms with Crippen LogP contribution in [0.1, 0.15) is 0 Å². The second-order valence-electron chi connectivity index (χ2n) is 4.70. The minimum Gasteiger partial charge on any atom is -0.497 e. The summed E-state index contributed by atoms with van der Waals surface area (Å²) in [6.45, 7) is 0. The Morgan fingerprint density at radius 2 is 1.68 bits per heavy atom. The highest BCUT2D eigenvalue weighted by atomic mass is 16.6. The molecule has 3 rings (SSSR count). The van der Waals surface area contributed by atoms with Crippen molar-refractivity contribution in [2.24, 2.45) is 0 Å². The Kier molecular flexibility index (Phi) is 3.62. The molecular formula is C17H13NO4. The molecule has 0 N–H and O–H groups in total. The van der Waals surface area contributed by atoms with Crippen molar-refractivity contribution in [3.05, 3.63) is 70.8 Å². The molecule has 0 atom stereocenters. The van der Waals surface area contributed by atoms with Gasteiger partial charge in [0.2, 0.25) is 0 Å². The zero-order valence-electron chi connectivity index (χ0n) is 11.9. The second kappa shape index (κ2) is 5.73. The van der Waals surface area contributed by atoms with Crippen molar-refractivity contribution in [2.75, 3.05) is 7.11 Å². The highest BCUT2D eigenvalue weighted by molar-refractivity contribution is 5.89. The third kappa shape index (κ3) is 2.69. The summed E-state index contributed by atoms with van der Waals surface area (Å²) in [4.78, 5) is 10.2. The molecule has 22 heavy (non-hydrogen) atoms. The zero-order chi connectivity index (χ0) is 15.5. The fourth-order valence-corrected chi connectivity index (χ4v) is 2.21. The molecule has 0 saturated heterocycles. The molecule has 0 radical (unpaired) electrons. The fourth-order valence-electron chi connectivity index (χ4n) is 2.21. The quantitative estimate of drug-likeness (QED) is 0.523. The third-order valence-corrected chi connectivity index (χ3v) is 3.32. The predicted molar refractivity (Wildman–Crippen MR) is 83.7 cm³/mol. The molecule has 0 unspecified atom stereocenters. The van der Waals surface area contributed by atoms with E-state index in [4.69, 9.17) is 9.47 Å². The zero-order valence-corrected chi connectivity index (χ0v) is 11.9. The van der Waals surface area contributed by atoms with Crippen molar-refractivity contribution in [3.63, 3.8) is 0 Å². The van der Waals surface area contributed by atoms with E-state index in [9.17, 15) is 10.1 Å². The minimum absolute atomic E-state index is 0.0370. The summed E-state index contributed by atoms with van der Waals surface area (Å²) >= 11 is 0. The van der Waals surface area contributed by atoms with Crippen molar-refractivity contribution in [1.29, 1.82) is 0 Å². The molecule has 0 aliphatic rings. The van der Waals surface area contributed by atoms with Crippen LogP contribution in [-0.2, 0) is 0 Å². The number of fused-ring (bicyclic) bond motifs is 1.